The number of amides is 2. The molecule has 3 aromatic carbocycles. The average Bonchev–Trinajstić information content (AvgIpc) is 3.42. The second-order valence-electron chi connectivity index (χ2n) is 11.2. The van der Waals surface area contributed by atoms with Gasteiger partial charge in [-0.05, 0) is 66.2 Å². The normalized spacial score (nSPS) is 13.7. The molecule has 1 fully saturated rings. The summed E-state index contributed by atoms with van der Waals surface area (Å²) in [6.45, 7) is 3.40. The van der Waals surface area contributed by atoms with E-state index in [1.165, 1.54) is 6.20 Å². The summed E-state index contributed by atoms with van der Waals surface area (Å²) in [4.78, 5) is 34.5. The third-order valence-corrected chi connectivity index (χ3v) is 8.10. The van der Waals surface area contributed by atoms with Gasteiger partial charge >= 0.3 is 6.18 Å². The number of anilines is 1. The highest BCUT2D eigenvalue weighted by atomic mass is 19.4. The van der Waals surface area contributed by atoms with E-state index in [0.29, 0.717) is 35.8 Å². The van der Waals surface area contributed by atoms with Gasteiger partial charge in [0.05, 0.1) is 34.6 Å². The van der Waals surface area contributed by atoms with Crippen LogP contribution in [0.3, 0.4) is 0 Å². The van der Waals surface area contributed by atoms with Crippen LogP contribution in [-0.4, -0.2) is 57.3 Å². The molecular formula is C35H29F3N6O3. The Morgan fingerprint density at radius 3 is 2.32 bits per heavy atom. The first-order valence-corrected chi connectivity index (χ1v) is 14.8. The number of benzene rings is 3. The van der Waals surface area contributed by atoms with Crippen molar-refractivity contribution in [3.8, 4) is 17.7 Å². The summed E-state index contributed by atoms with van der Waals surface area (Å²) < 4.78 is 46.4. The number of carbonyl (C=O) groups is 2. The SMILES string of the molecule is Cn1c(C(=O)N2CCN(Cc3ccc(C#N)cc3)CC2)cc2c(Oc3ccc(NC(=O)c4ccc(C(F)(F)F)cc4)cn3)cccc21. The van der Waals surface area contributed by atoms with Gasteiger partial charge in [0.15, 0.2) is 0 Å². The van der Waals surface area contributed by atoms with Gasteiger partial charge in [-0.15, -0.1) is 0 Å². The summed E-state index contributed by atoms with van der Waals surface area (Å²) in [6, 6.07) is 24.1. The first-order chi connectivity index (χ1) is 22.6. The lowest BCUT2D eigenvalue weighted by molar-refractivity contribution is -0.137. The summed E-state index contributed by atoms with van der Waals surface area (Å²) in [5, 5.41) is 12.4. The Hall–Kier alpha value is -5.67. The van der Waals surface area contributed by atoms with E-state index in [0.717, 1.165) is 60.4 Å². The molecule has 1 aliphatic heterocycles. The Bertz CT molecular complexity index is 1960. The zero-order valence-corrected chi connectivity index (χ0v) is 25.3. The van der Waals surface area contributed by atoms with Crippen LogP contribution < -0.4 is 10.1 Å². The van der Waals surface area contributed by atoms with Crippen molar-refractivity contribution < 1.29 is 27.5 Å². The number of aromatic nitrogens is 2. The van der Waals surface area contributed by atoms with Gasteiger partial charge < -0.3 is 19.5 Å². The highest BCUT2D eigenvalue weighted by Crippen LogP contribution is 2.32. The fourth-order valence-corrected chi connectivity index (χ4v) is 5.48. The van der Waals surface area contributed by atoms with E-state index >= 15 is 0 Å². The highest BCUT2D eigenvalue weighted by molar-refractivity contribution is 6.04. The molecule has 238 valence electrons. The number of hydrogen-bond acceptors (Lipinski definition) is 6. The summed E-state index contributed by atoms with van der Waals surface area (Å²) in [6.07, 6.45) is -3.10. The molecule has 0 aliphatic carbocycles. The van der Waals surface area contributed by atoms with Crippen molar-refractivity contribution in [1.29, 1.82) is 5.26 Å². The maximum atomic E-state index is 13.6. The molecule has 1 saturated heterocycles. The molecule has 1 aliphatic rings. The predicted molar refractivity (Wildman–Crippen MR) is 169 cm³/mol. The van der Waals surface area contributed by atoms with E-state index in [2.05, 4.69) is 21.3 Å². The number of alkyl halides is 3. The number of carbonyl (C=O) groups excluding carboxylic acids is 2. The Morgan fingerprint density at radius 2 is 1.68 bits per heavy atom. The van der Waals surface area contributed by atoms with Crippen LogP contribution in [0.4, 0.5) is 18.9 Å². The van der Waals surface area contributed by atoms with E-state index in [1.54, 1.807) is 18.2 Å². The van der Waals surface area contributed by atoms with E-state index in [9.17, 15) is 22.8 Å². The predicted octanol–water partition coefficient (Wildman–Crippen LogP) is 6.47. The molecule has 0 atom stereocenters. The monoisotopic (exact) mass is 638 g/mol. The van der Waals surface area contributed by atoms with E-state index in [4.69, 9.17) is 10.00 Å². The highest BCUT2D eigenvalue weighted by Gasteiger charge is 2.30. The number of fused-ring (bicyclic) bond motifs is 1. The number of hydrogen-bond donors (Lipinski definition) is 1. The Kier molecular flexibility index (Phi) is 8.65. The van der Waals surface area contributed by atoms with Crippen LogP contribution in [0.25, 0.3) is 10.9 Å². The van der Waals surface area contributed by atoms with Crippen LogP contribution in [0.15, 0.2) is 91.1 Å². The summed E-state index contributed by atoms with van der Waals surface area (Å²) in [5.41, 5.74) is 2.67. The zero-order valence-electron chi connectivity index (χ0n) is 25.3. The van der Waals surface area contributed by atoms with Crippen molar-refractivity contribution in [3.05, 3.63) is 119 Å². The molecule has 0 radical (unpaired) electrons. The van der Waals surface area contributed by atoms with Gasteiger partial charge in [0.2, 0.25) is 5.88 Å². The molecule has 2 amide bonds. The minimum atomic E-state index is -4.48. The smallest absolute Gasteiger partial charge is 0.416 e. The topological polar surface area (TPSA) is 103 Å². The molecule has 9 nitrogen and oxygen atoms in total. The van der Waals surface area contributed by atoms with Crippen LogP contribution in [0.5, 0.6) is 11.6 Å². The van der Waals surface area contributed by atoms with Gasteiger partial charge in [-0.3, -0.25) is 14.5 Å². The van der Waals surface area contributed by atoms with Gasteiger partial charge in [-0.2, -0.15) is 18.4 Å². The molecule has 0 saturated carbocycles. The van der Waals surface area contributed by atoms with Crippen LogP contribution >= 0.6 is 0 Å². The lowest BCUT2D eigenvalue weighted by Crippen LogP contribution is -2.48. The first kappa shape index (κ1) is 31.3. The number of ether oxygens (including phenoxy) is 1. The van der Waals surface area contributed by atoms with Crippen molar-refractivity contribution in [2.75, 3.05) is 31.5 Å². The molecule has 12 heteroatoms. The van der Waals surface area contributed by atoms with E-state index in [-0.39, 0.29) is 17.4 Å². The van der Waals surface area contributed by atoms with Crippen molar-refractivity contribution in [2.45, 2.75) is 12.7 Å². The number of nitrogens with one attached hydrogen (secondary N) is 1. The number of rotatable bonds is 7. The maximum absolute atomic E-state index is 13.6. The number of nitrogens with zero attached hydrogens (tertiary/aromatic N) is 5. The Labute approximate surface area is 268 Å². The minimum Gasteiger partial charge on any atom is -0.438 e. The largest absolute Gasteiger partial charge is 0.438 e. The zero-order chi connectivity index (χ0) is 33.1. The second-order valence-corrected chi connectivity index (χ2v) is 11.2. The molecular weight excluding hydrogens is 609 g/mol. The molecule has 6 rings (SSSR count). The van der Waals surface area contributed by atoms with Crippen LogP contribution in [0, 0.1) is 11.3 Å². The minimum absolute atomic E-state index is 0.0704. The molecule has 0 spiro atoms. The third kappa shape index (κ3) is 6.95. The van der Waals surface area contributed by atoms with Gasteiger partial charge in [0.1, 0.15) is 11.4 Å². The quantitative estimate of drug-likeness (QED) is 0.219. The second kappa shape index (κ2) is 13.0. The van der Waals surface area contributed by atoms with Gasteiger partial charge in [0.25, 0.3) is 11.8 Å². The lowest BCUT2D eigenvalue weighted by atomic mass is 10.1. The van der Waals surface area contributed by atoms with E-state index in [1.807, 2.05) is 59.0 Å². The van der Waals surface area contributed by atoms with Crippen molar-refractivity contribution >= 4 is 28.4 Å². The number of halogens is 3. The van der Waals surface area contributed by atoms with Gasteiger partial charge in [0, 0.05) is 56.8 Å². The molecule has 2 aromatic heterocycles. The molecule has 3 heterocycles. The van der Waals surface area contributed by atoms with Crippen molar-refractivity contribution in [3.63, 3.8) is 0 Å². The van der Waals surface area contributed by atoms with E-state index < -0.39 is 17.6 Å². The molecule has 5 aromatic rings. The first-order valence-electron chi connectivity index (χ1n) is 14.8. The number of aryl methyl sites for hydroxylation is 1. The number of nitriles is 1. The van der Waals surface area contributed by atoms with Gasteiger partial charge in [-0.1, -0.05) is 18.2 Å². The summed E-state index contributed by atoms with van der Waals surface area (Å²) in [5.74, 6) is 0.102. The van der Waals surface area contributed by atoms with Crippen molar-refractivity contribution in [2.24, 2.45) is 7.05 Å². The van der Waals surface area contributed by atoms with Crippen LogP contribution in [0.2, 0.25) is 0 Å². The fourth-order valence-electron chi connectivity index (χ4n) is 5.48. The molecule has 47 heavy (non-hydrogen) atoms. The van der Waals surface area contributed by atoms with Crippen molar-refractivity contribution in [1.82, 2.24) is 19.4 Å². The average molecular weight is 639 g/mol. The molecule has 0 bridgehead atoms. The number of pyridine rings is 1. The summed E-state index contributed by atoms with van der Waals surface area (Å²) >= 11 is 0. The molecule has 0 unspecified atom stereocenters. The lowest BCUT2D eigenvalue weighted by Gasteiger charge is -2.34. The third-order valence-electron chi connectivity index (χ3n) is 8.10. The maximum Gasteiger partial charge on any atom is 0.416 e. The number of piperazine rings is 1. The fraction of sp³-hybridized carbons (Fsp3) is 0.200. The summed E-state index contributed by atoms with van der Waals surface area (Å²) in [7, 11) is 1.84. The standard InChI is InChI=1S/C35H29F3N6O3/c1-42-29-3-2-4-31(47-32-14-13-27(21-40-32)41-33(45)25-9-11-26(12-10-25)35(36,37)38)28(29)19-30(42)34(46)44-17-15-43(16-18-44)22-24-7-5-23(20-39)6-8-24/h2-14,19,21H,15-18,22H2,1H3,(H,41,45). The molecule has 1 N–H and O–H groups in total. The van der Waals surface area contributed by atoms with Gasteiger partial charge in [-0.25, -0.2) is 4.98 Å². The van der Waals surface area contributed by atoms with Crippen LogP contribution in [0.1, 0.15) is 37.5 Å². The Morgan fingerprint density at radius 1 is 0.957 bits per heavy atom. The van der Waals surface area contributed by atoms with Crippen LogP contribution in [-0.2, 0) is 19.8 Å². The Balaban J connectivity index is 1.09.